The Morgan fingerprint density at radius 3 is 2.84 bits per heavy atom. The summed E-state index contributed by atoms with van der Waals surface area (Å²) in [7, 11) is 0. The number of hydrogen-bond acceptors (Lipinski definition) is 6. The predicted molar refractivity (Wildman–Crippen MR) is 69.6 cm³/mol. The Labute approximate surface area is 113 Å². The molecule has 1 aliphatic heterocycles. The first-order valence-electron chi connectivity index (χ1n) is 6.83. The molecule has 0 saturated carbocycles. The van der Waals surface area contributed by atoms with Crippen LogP contribution >= 0.6 is 0 Å². The van der Waals surface area contributed by atoms with Crippen molar-refractivity contribution in [2.24, 2.45) is 11.1 Å². The third kappa shape index (κ3) is 4.26. The predicted octanol–water partition coefficient (Wildman–Crippen LogP) is 1.47. The standard InChI is InChI=1S/C13H23N3O3/c1-13(2,5-6-14)4-3-11-15-12(16-19-11)10-9-17-7-8-18-10/h10H,3-9,14H2,1-2H3. The largest absolute Gasteiger partial charge is 0.376 e. The maximum absolute atomic E-state index is 5.60. The summed E-state index contributed by atoms with van der Waals surface area (Å²) in [6.45, 7) is 6.82. The van der Waals surface area contributed by atoms with E-state index >= 15 is 0 Å². The van der Waals surface area contributed by atoms with Gasteiger partial charge in [-0.05, 0) is 24.8 Å². The molecule has 1 atom stereocenters. The van der Waals surface area contributed by atoms with Crippen LogP contribution in [0.15, 0.2) is 4.52 Å². The summed E-state index contributed by atoms with van der Waals surface area (Å²) >= 11 is 0. The Bertz CT molecular complexity index is 386. The van der Waals surface area contributed by atoms with E-state index in [1.54, 1.807) is 0 Å². The van der Waals surface area contributed by atoms with Gasteiger partial charge in [-0.25, -0.2) is 0 Å². The Kier molecular flexibility index (Phi) is 4.90. The van der Waals surface area contributed by atoms with Crippen LogP contribution in [0.3, 0.4) is 0 Å². The Morgan fingerprint density at radius 2 is 2.16 bits per heavy atom. The van der Waals surface area contributed by atoms with Crippen molar-refractivity contribution in [3.05, 3.63) is 11.7 Å². The minimum absolute atomic E-state index is 0.191. The zero-order valence-electron chi connectivity index (χ0n) is 11.7. The lowest BCUT2D eigenvalue weighted by Crippen LogP contribution is -2.22. The lowest BCUT2D eigenvalue weighted by atomic mass is 9.84. The summed E-state index contributed by atoms with van der Waals surface area (Å²) in [6, 6.07) is 0. The van der Waals surface area contributed by atoms with Gasteiger partial charge in [-0.2, -0.15) is 4.98 Å². The SMILES string of the molecule is CC(C)(CCN)CCc1nc(C2COCCO2)no1. The third-order valence-electron chi connectivity index (χ3n) is 3.42. The molecule has 1 unspecified atom stereocenters. The van der Waals surface area contributed by atoms with Crippen LogP contribution in [-0.4, -0.2) is 36.5 Å². The van der Waals surface area contributed by atoms with Gasteiger partial charge in [-0.15, -0.1) is 0 Å². The lowest BCUT2D eigenvalue weighted by molar-refractivity contribution is -0.0941. The minimum Gasteiger partial charge on any atom is -0.376 e. The number of nitrogens with zero attached hydrogens (tertiary/aromatic N) is 2. The van der Waals surface area contributed by atoms with E-state index in [1.807, 2.05) is 0 Å². The molecule has 0 aliphatic carbocycles. The molecule has 1 saturated heterocycles. The molecule has 19 heavy (non-hydrogen) atoms. The van der Waals surface area contributed by atoms with E-state index in [4.69, 9.17) is 19.7 Å². The van der Waals surface area contributed by atoms with Gasteiger partial charge in [0.1, 0.15) is 6.10 Å². The van der Waals surface area contributed by atoms with Crippen molar-refractivity contribution in [2.75, 3.05) is 26.4 Å². The number of nitrogens with two attached hydrogens (primary N) is 1. The lowest BCUT2D eigenvalue weighted by Gasteiger charge is -2.22. The molecule has 2 rings (SSSR count). The molecule has 0 radical (unpaired) electrons. The molecule has 108 valence electrons. The van der Waals surface area contributed by atoms with Gasteiger partial charge >= 0.3 is 0 Å². The molecule has 6 heteroatoms. The fourth-order valence-corrected chi connectivity index (χ4v) is 2.10. The highest BCUT2D eigenvalue weighted by molar-refractivity contribution is 4.93. The monoisotopic (exact) mass is 269 g/mol. The van der Waals surface area contributed by atoms with E-state index < -0.39 is 0 Å². The highest BCUT2D eigenvalue weighted by atomic mass is 16.6. The molecule has 2 N–H and O–H groups in total. The van der Waals surface area contributed by atoms with Gasteiger partial charge in [0.05, 0.1) is 19.8 Å². The van der Waals surface area contributed by atoms with Gasteiger partial charge in [0.25, 0.3) is 0 Å². The minimum atomic E-state index is -0.191. The third-order valence-corrected chi connectivity index (χ3v) is 3.42. The van der Waals surface area contributed by atoms with Crippen molar-refractivity contribution in [1.29, 1.82) is 0 Å². The van der Waals surface area contributed by atoms with Gasteiger partial charge < -0.3 is 19.7 Å². The van der Waals surface area contributed by atoms with Gasteiger partial charge in [0.2, 0.25) is 11.7 Å². The molecule has 1 aliphatic rings. The number of rotatable bonds is 6. The van der Waals surface area contributed by atoms with Crippen LogP contribution in [-0.2, 0) is 15.9 Å². The Hall–Kier alpha value is -0.980. The van der Waals surface area contributed by atoms with Crippen molar-refractivity contribution in [3.63, 3.8) is 0 Å². The van der Waals surface area contributed by atoms with E-state index in [2.05, 4.69) is 24.0 Å². The average molecular weight is 269 g/mol. The number of ether oxygens (including phenoxy) is 2. The summed E-state index contributed by atoms with van der Waals surface area (Å²) in [5, 5.41) is 3.97. The first-order chi connectivity index (χ1) is 9.11. The molecule has 1 aromatic rings. The zero-order valence-corrected chi connectivity index (χ0v) is 11.7. The van der Waals surface area contributed by atoms with E-state index in [9.17, 15) is 0 Å². The Morgan fingerprint density at radius 1 is 1.32 bits per heavy atom. The van der Waals surface area contributed by atoms with Gasteiger partial charge in [-0.1, -0.05) is 19.0 Å². The van der Waals surface area contributed by atoms with Crippen LogP contribution in [0.2, 0.25) is 0 Å². The summed E-state index contributed by atoms with van der Waals surface area (Å²) in [6.07, 6.45) is 2.55. The normalized spacial score (nSPS) is 20.7. The quantitative estimate of drug-likeness (QED) is 0.842. The summed E-state index contributed by atoms with van der Waals surface area (Å²) < 4.78 is 16.1. The maximum atomic E-state index is 5.60. The number of aromatic nitrogens is 2. The summed E-state index contributed by atoms with van der Waals surface area (Å²) in [4.78, 5) is 4.38. The van der Waals surface area contributed by atoms with Gasteiger partial charge in [-0.3, -0.25) is 0 Å². The maximum Gasteiger partial charge on any atom is 0.226 e. The van der Waals surface area contributed by atoms with Crippen LogP contribution in [0.4, 0.5) is 0 Å². The van der Waals surface area contributed by atoms with Crippen LogP contribution < -0.4 is 5.73 Å². The molecule has 0 bridgehead atoms. The van der Waals surface area contributed by atoms with Crippen molar-refractivity contribution < 1.29 is 14.0 Å². The summed E-state index contributed by atoms with van der Waals surface area (Å²) in [5.41, 5.74) is 5.81. The second kappa shape index (κ2) is 6.45. The zero-order chi connectivity index (χ0) is 13.7. The second-order valence-corrected chi connectivity index (χ2v) is 5.68. The van der Waals surface area contributed by atoms with Crippen molar-refractivity contribution in [1.82, 2.24) is 10.1 Å². The molecule has 0 aromatic carbocycles. The smallest absolute Gasteiger partial charge is 0.226 e. The number of aryl methyl sites for hydroxylation is 1. The van der Waals surface area contributed by atoms with E-state index in [1.165, 1.54) is 0 Å². The van der Waals surface area contributed by atoms with Crippen LogP contribution in [0.1, 0.15) is 44.5 Å². The average Bonchev–Trinajstić information content (AvgIpc) is 2.86. The molecular formula is C13H23N3O3. The molecule has 0 amide bonds. The van der Waals surface area contributed by atoms with Crippen molar-refractivity contribution in [2.45, 2.75) is 39.2 Å². The fraction of sp³-hybridized carbons (Fsp3) is 0.846. The molecular weight excluding hydrogens is 246 g/mol. The van der Waals surface area contributed by atoms with Crippen LogP contribution in [0.5, 0.6) is 0 Å². The van der Waals surface area contributed by atoms with Crippen LogP contribution in [0, 0.1) is 5.41 Å². The molecule has 1 fully saturated rings. The Balaban J connectivity index is 1.86. The van der Waals surface area contributed by atoms with Crippen LogP contribution in [0.25, 0.3) is 0 Å². The van der Waals surface area contributed by atoms with Crippen molar-refractivity contribution in [3.8, 4) is 0 Å². The fourth-order valence-electron chi connectivity index (χ4n) is 2.10. The highest BCUT2D eigenvalue weighted by Crippen LogP contribution is 2.26. The van der Waals surface area contributed by atoms with Crippen molar-refractivity contribution >= 4 is 0 Å². The highest BCUT2D eigenvalue weighted by Gasteiger charge is 2.23. The molecule has 2 heterocycles. The van der Waals surface area contributed by atoms with E-state index in [0.717, 1.165) is 19.3 Å². The van der Waals surface area contributed by atoms with E-state index in [0.29, 0.717) is 38.1 Å². The molecule has 0 spiro atoms. The number of hydrogen-bond donors (Lipinski definition) is 1. The van der Waals surface area contributed by atoms with Gasteiger partial charge in [0, 0.05) is 6.42 Å². The molecule has 1 aromatic heterocycles. The second-order valence-electron chi connectivity index (χ2n) is 5.68. The topological polar surface area (TPSA) is 83.4 Å². The van der Waals surface area contributed by atoms with Gasteiger partial charge in [0.15, 0.2) is 0 Å². The van der Waals surface area contributed by atoms with E-state index in [-0.39, 0.29) is 11.5 Å². The first kappa shape index (κ1) is 14.4. The first-order valence-corrected chi connectivity index (χ1v) is 6.83. The molecule has 6 nitrogen and oxygen atoms in total. The summed E-state index contributed by atoms with van der Waals surface area (Å²) in [5.74, 6) is 1.25.